The summed E-state index contributed by atoms with van der Waals surface area (Å²) in [5, 5.41) is 3.50. The van der Waals surface area contributed by atoms with Crippen molar-refractivity contribution in [1.29, 1.82) is 0 Å². The van der Waals surface area contributed by atoms with Gasteiger partial charge in [-0.2, -0.15) is 0 Å². The fourth-order valence-electron chi connectivity index (χ4n) is 3.37. The average molecular weight is 431 g/mol. The van der Waals surface area contributed by atoms with Crippen molar-refractivity contribution in [1.82, 2.24) is 4.90 Å². The van der Waals surface area contributed by atoms with Crippen molar-refractivity contribution in [2.45, 2.75) is 33.1 Å². The van der Waals surface area contributed by atoms with Gasteiger partial charge in [-0.3, -0.25) is 9.59 Å². The van der Waals surface area contributed by atoms with Gasteiger partial charge in [-0.05, 0) is 75.1 Å². The number of benzene rings is 2. The first kappa shape index (κ1) is 22.0. The summed E-state index contributed by atoms with van der Waals surface area (Å²) in [6.45, 7) is 5.66. The van der Waals surface area contributed by atoms with Crippen molar-refractivity contribution in [3.05, 3.63) is 52.5 Å². The Kier molecular flexibility index (Phi) is 7.57. The van der Waals surface area contributed by atoms with E-state index in [0.29, 0.717) is 34.4 Å². The van der Waals surface area contributed by atoms with Crippen LogP contribution >= 0.6 is 11.6 Å². The van der Waals surface area contributed by atoms with Gasteiger partial charge in [0.15, 0.2) is 18.1 Å². The Morgan fingerprint density at radius 3 is 2.50 bits per heavy atom. The van der Waals surface area contributed by atoms with E-state index in [1.165, 1.54) is 0 Å². The van der Waals surface area contributed by atoms with E-state index < -0.39 is 0 Å². The Balaban J connectivity index is 1.69. The molecule has 0 unspecified atom stereocenters. The van der Waals surface area contributed by atoms with E-state index in [0.717, 1.165) is 37.9 Å². The third kappa shape index (κ3) is 5.66. The molecule has 0 radical (unpaired) electrons. The molecule has 1 aliphatic heterocycles. The van der Waals surface area contributed by atoms with Crippen LogP contribution in [-0.4, -0.2) is 43.0 Å². The monoisotopic (exact) mass is 430 g/mol. The van der Waals surface area contributed by atoms with Crippen LogP contribution in [0.2, 0.25) is 5.02 Å². The van der Waals surface area contributed by atoms with Crippen molar-refractivity contribution in [2.24, 2.45) is 0 Å². The molecule has 0 aromatic heterocycles. The molecule has 1 N–H and O–H groups in total. The summed E-state index contributed by atoms with van der Waals surface area (Å²) < 4.78 is 11.4. The molecule has 7 heteroatoms. The maximum atomic E-state index is 12.7. The molecule has 0 aliphatic carbocycles. The molecule has 2 aromatic carbocycles. The number of halogens is 1. The zero-order chi connectivity index (χ0) is 21.5. The lowest BCUT2D eigenvalue weighted by Gasteiger charge is -2.26. The van der Waals surface area contributed by atoms with E-state index in [1.54, 1.807) is 36.4 Å². The van der Waals surface area contributed by atoms with Gasteiger partial charge in [0, 0.05) is 29.4 Å². The Morgan fingerprint density at radius 1 is 1.03 bits per heavy atom. The third-order valence-electron chi connectivity index (χ3n) is 5.00. The number of amides is 2. The lowest BCUT2D eigenvalue weighted by molar-refractivity contribution is -0.134. The highest BCUT2D eigenvalue weighted by molar-refractivity contribution is 6.30. The first-order chi connectivity index (χ1) is 14.5. The summed E-state index contributed by atoms with van der Waals surface area (Å²) in [5.41, 5.74) is 1.99. The molecule has 0 atom stereocenters. The van der Waals surface area contributed by atoms with Gasteiger partial charge in [0.25, 0.3) is 11.8 Å². The number of likely N-dealkylation sites (tertiary alicyclic amines) is 1. The van der Waals surface area contributed by atoms with E-state index in [1.807, 2.05) is 18.7 Å². The third-order valence-corrected chi connectivity index (χ3v) is 5.24. The predicted molar refractivity (Wildman–Crippen MR) is 118 cm³/mol. The molecule has 160 valence electrons. The minimum atomic E-state index is -0.266. The number of carbonyl (C=O) groups excluding carboxylic acids is 2. The van der Waals surface area contributed by atoms with Crippen molar-refractivity contribution in [2.75, 3.05) is 31.6 Å². The second-order valence-corrected chi connectivity index (χ2v) is 7.67. The van der Waals surface area contributed by atoms with E-state index in [-0.39, 0.29) is 18.4 Å². The number of rotatable bonds is 7. The molecule has 2 aromatic rings. The first-order valence-electron chi connectivity index (χ1n) is 10.2. The smallest absolute Gasteiger partial charge is 0.260 e. The molecule has 1 saturated heterocycles. The van der Waals surface area contributed by atoms with Gasteiger partial charge in [0.2, 0.25) is 0 Å². The Labute approximate surface area is 182 Å². The minimum absolute atomic E-state index is 0.0304. The first-order valence-corrected chi connectivity index (χ1v) is 10.6. The van der Waals surface area contributed by atoms with E-state index in [4.69, 9.17) is 21.1 Å². The van der Waals surface area contributed by atoms with Crippen LogP contribution in [-0.2, 0) is 4.79 Å². The van der Waals surface area contributed by atoms with Crippen molar-refractivity contribution < 1.29 is 19.1 Å². The van der Waals surface area contributed by atoms with Crippen LogP contribution < -0.4 is 14.8 Å². The molecule has 30 heavy (non-hydrogen) atoms. The number of hydrogen-bond acceptors (Lipinski definition) is 4. The van der Waals surface area contributed by atoms with Gasteiger partial charge in [-0.1, -0.05) is 11.6 Å². The molecular weight excluding hydrogens is 404 g/mol. The summed E-state index contributed by atoms with van der Waals surface area (Å²) in [5.74, 6) is 0.584. The Morgan fingerprint density at radius 2 is 1.80 bits per heavy atom. The van der Waals surface area contributed by atoms with E-state index in [2.05, 4.69) is 5.32 Å². The SMILES string of the molecule is CCOc1cc(C(=O)Nc2ccc(Cl)cc2C)ccc1OCC(=O)N1CCCCC1. The number of piperidine rings is 1. The number of hydrogen-bond donors (Lipinski definition) is 1. The van der Waals surface area contributed by atoms with Gasteiger partial charge in [0.05, 0.1) is 6.61 Å². The van der Waals surface area contributed by atoms with Crippen LogP contribution in [0.25, 0.3) is 0 Å². The maximum absolute atomic E-state index is 12.7. The predicted octanol–water partition coefficient (Wildman–Crippen LogP) is 4.69. The summed E-state index contributed by atoms with van der Waals surface area (Å²) in [6, 6.07) is 10.2. The quantitative estimate of drug-likeness (QED) is 0.691. The fourth-order valence-corrected chi connectivity index (χ4v) is 3.60. The zero-order valence-corrected chi connectivity index (χ0v) is 18.1. The maximum Gasteiger partial charge on any atom is 0.260 e. The second-order valence-electron chi connectivity index (χ2n) is 7.24. The van der Waals surface area contributed by atoms with Crippen LogP contribution in [0.4, 0.5) is 5.69 Å². The number of ether oxygens (including phenoxy) is 2. The summed E-state index contributed by atoms with van der Waals surface area (Å²) in [7, 11) is 0. The van der Waals surface area contributed by atoms with Crippen LogP contribution in [0, 0.1) is 6.92 Å². The number of aryl methyl sites for hydroxylation is 1. The van der Waals surface area contributed by atoms with Gasteiger partial charge in [-0.25, -0.2) is 0 Å². The minimum Gasteiger partial charge on any atom is -0.490 e. The normalized spacial score (nSPS) is 13.6. The second kappa shape index (κ2) is 10.3. The van der Waals surface area contributed by atoms with Crippen LogP contribution in [0.3, 0.4) is 0 Å². The lowest BCUT2D eigenvalue weighted by atomic mass is 10.1. The molecule has 2 amide bonds. The molecular formula is C23H27ClN2O4. The van der Waals surface area contributed by atoms with Crippen molar-refractivity contribution >= 4 is 29.1 Å². The van der Waals surface area contributed by atoms with Crippen molar-refractivity contribution in [3.63, 3.8) is 0 Å². The van der Waals surface area contributed by atoms with Crippen LogP contribution in [0.15, 0.2) is 36.4 Å². The van der Waals surface area contributed by atoms with Gasteiger partial charge >= 0.3 is 0 Å². The van der Waals surface area contributed by atoms with E-state index >= 15 is 0 Å². The summed E-state index contributed by atoms with van der Waals surface area (Å²) in [6.07, 6.45) is 3.23. The molecule has 0 bridgehead atoms. The van der Waals surface area contributed by atoms with Crippen molar-refractivity contribution in [3.8, 4) is 11.5 Å². The van der Waals surface area contributed by atoms with Crippen LogP contribution in [0.1, 0.15) is 42.1 Å². The highest BCUT2D eigenvalue weighted by atomic mass is 35.5. The average Bonchev–Trinajstić information content (AvgIpc) is 2.75. The number of nitrogens with zero attached hydrogens (tertiary/aromatic N) is 1. The van der Waals surface area contributed by atoms with E-state index in [9.17, 15) is 9.59 Å². The van der Waals surface area contributed by atoms with Gasteiger partial charge < -0.3 is 19.7 Å². The molecule has 1 fully saturated rings. The molecule has 0 spiro atoms. The topological polar surface area (TPSA) is 67.9 Å². The highest BCUT2D eigenvalue weighted by Crippen LogP contribution is 2.29. The molecule has 6 nitrogen and oxygen atoms in total. The summed E-state index contributed by atoms with van der Waals surface area (Å²) >= 11 is 5.97. The molecule has 0 saturated carbocycles. The van der Waals surface area contributed by atoms with Gasteiger partial charge in [-0.15, -0.1) is 0 Å². The molecule has 1 aliphatic rings. The highest BCUT2D eigenvalue weighted by Gasteiger charge is 2.18. The lowest BCUT2D eigenvalue weighted by Crippen LogP contribution is -2.38. The van der Waals surface area contributed by atoms with Gasteiger partial charge in [0.1, 0.15) is 0 Å². The fraction of sp³-hybridized carbons (Fsp3) is 0.391. The Hall–Kier alpha value is -2.73. The number of nitrogens with one attached hydrogen (secondary N) is 1. The standard InChI is InChI=1S/C23H27ClN2O4/c1-3-29-21-14-17(23(28)25-19-9-8-18(24)13-16(19)2)7-10-20(21)30-15-22(27)26-11-5-4-6-12-26/h7-10,13-14H,3-6,11-12,15H2,1-2H3,(H,25,28). The number of carbonyl (C=O) groups is 2. The largest absolute Gasteiger partial charge is 0.490 e. The number of anilines is 1. The van der Waals surface area contributed by atoms with Crippen LogP contribution in [0.5, 0.6) is 11.5 Å². The Bertz CT molecular complexity index is 910. The molecule has 3 rings (SSSR count). The summed E-state index contributed by atoms with van der Waals surface area (Å²) in [4.78, 5) is 26.9. The zero-order valence-electron chi connectivity index (χ0n) is 17.4. The molecule has 1 heterocycles.